The summed E-state index contributed by atoms with van der Waals surface area (Å²) < 4.78 is 13.9. The molecule has 2 heterocycles. The van der Waals surface area contributed by atoms with Gasteiger partial charge in [0.05, 0.1) is 0 Å². The first kappa shape index (κ1) is 17.0. The Labute approximate surface area is 143 Å². The molecule has 6 heteroatoms. The van der Waals surface area contributed by atoms with Crippen LogP contribution in [-0.2, 0) is 0 Å². The number of anilines is 2. The quantitative estimate of drug-likeness (QED) is 0.924. The van der Waals surface area contributed by atoms with Gasteiger partial charge in [0.1, 0.15) is 5.82 Å². The molecular formula is C18H27FN4O. The van der Waals surface area contributed by atoms with Crippen molar-refractivity contribution in [3.63, 3.8) is 0 Å². The van der Waals surface area contributed by atoms with E-state index in [1.165, 1.54) is 6.07 Å². The lowest BCUT2D eigenvalue weighted by Crippen LogP contribution is -2.48. The van der Waals surface area contributed by atoms with Crippen molar-refractivity contribution in [2.75, 3.05) is 50.5 Å². The van der Waals surface area contributed by atoms with Crippen molar-refractivity contribution >= 4 is 17.4 Å². The van der Waals surface area contributed by atoms with Crippen LogP contribution < -0.4 is 10.2 Å². The molecule has 1 atom stereocenters. The van der Waals surface area contributed by atoms with Crippen LogP contribution in [-0.4, -0.2) is 62.1 Å². The van der Waals surface area contributed by atoms with Crippen LogP contribution in [0.3, 0.4) is 0 Å². The first-order valence-electron chi connectivity index (χ1n) is 8.81. The maximum Gasteiger partial charge on any atom is 0.321 e. The molecule has 0 aromatic heterocycles. The lowest BCUT2D eigenvalue weighted by Gasteiger charge is -2.36. The predicted octanol–water partition coefficient (Wildman–Crippen LogP) is 2.98. The number of hydrogen-bond acceptors (Lipinski definition) is 3. The van der Waals surface area contributed by atoms with Crippen molar-refractivity contribution in [3.05, 3.63) is 24.0 Å². The average molecular weight is 334 g/mol. The number of halogens is 1. The van der Waals surface area contributed by atoms with Crippen LogP contribution in [0.25, 0.3) is 0 Å². The Hall–Kier alpha value is -1.82. The molecule has 2 amide bonds. The van der Waals surface area contributed by atoms with Crippen molar-refractivity contribution in [2.45, 2.75) is 31.7 Å². The molecule has 3 rings (SSSR count). The number of urea groups is 1. The molecule has 1 aromatic carbocycles. The molecule has 0 spiro atoms. The summed E-state index contributed by atoms with van der Waals surface area (Å²) in [7, 11) is 4.09. The smallest absolute Gasteiger partial charge is 0.321 e. The Morgan fingerprint density at radius 3 is 2.62 bits per heavy atom. The zero-order chi connectivity index (χ0) is 17.1. The molecule has 0 bridgehead atoms. The van der Waals surface area contributed by atoms with E-state index in [9.17, 15) is 9.18 Å². The molecule has 1 N–H and O–H groups in total. The molecule has 0 aliphatic carbocycles. The number of likely N-dealkylation sites (tertiary alicyclic amines) is 1. The van der Waals surface area contributed by atoms with E-state index in [1.807, 2.05) is 25.1 Å². The van der Waals surface area contributed by atoms with Gasteiger partial charge in [-0.15, -0.1) is 0 Å². The molecule has 5 nitrogen and oxygen atoms in total. The summed E-state index contributed by atoms with van der Waals surface area (Å²) in [5.41, 5.74) is 1.39. The molecule has 0 radical (unpaired) electrons. The molecule has 0 unspecified atom stereocenters. The lowest BCUT2D eigenvalue weighted by molar-refractivity contribution is 0.148. The highest BCUT2D eigenvalue weighted by molar-refractivity contribution is 5.90. The Morgan fingerprint density at radius 2 is 1.92 bits per heavy atom. The topological polar surface area (TPSA) is 38.8 Å². The standard InChI is InChI=1S/C18H27FN4O/c1-21(2)16-6-5-9-23(13-16)18(24)20-15-10-14(19)11-17(12-15)22-7-3-4-8-22/h10-12,16H,3-9,13H2,1-2H3,(H,20,24)/t16-/m0/s1. The third-order valence-corrected chi connectivity index (χ3v) is 5.02. The van der Waals surface area contributed by atoms with Gasteiger partial charge >= 0.3 is 6.03 Å². The van der Waals surface area contributed by atoms with E-state index >= 15 is 0 Å². The van der Waals surface area contributed by atoms with Gasteiger partial charge in [-0.05, 0) is 58.0 Å². The number of amides is 2. The van der Waals surface area contributed by atoms with Gasteiger partial charge in [-0.1, -0.05) is 0 Å². The van der Waals surface area contributed by atoms with E-state index in [4.69, 9.17) is 0 Å². The maximum absolute atomic E-state index is 13.9. The predicted molar refractivity (Wildman–Crippen MR) is 95.1 cm³/mol. The number of nitrogens with one attached hydrogen (secondary N) is 1. The van der Waals surface area contributed by atoms with E-state index in [1.54, 1.807) is 6.07 Å². The lowest BCUT2D eigenvalue weighted by atomic mass is 10.1. The molecule has 2 fully saturated rings. The summed E-state index contributed by atoms with van der Waals surface area (Å²) in [4.78, 5) is 18.7. The summed E-state index contributed by atoms with van der Waals surface area (Å²) >= 11 is 0. The van der Waals surface area contributed by atoms with Crippen LogP contribution in [0.15, 0.2) is 18.2 Å². The molecule has 1 aromatic rings. The highest BCUT2D eigenvalue weighted by Crippen LogP contribution is 2.25. The Bertz CT molecular complexity index is 586. The van der Waals surface area contributed by atoms with Crippen molar-refractivity contribution in [1.82, 2.24) is 9.80 Å². The van der Waals surface area contributed by atoms with Crippen molar-refractivity contribution in [3.8, 4) is 0 Å². The Morgan fingerprint density at radius 1 is 1.17 bits per heavy atom. The second-order valence-corrected chi connectivity index (χ2v) is 7.03. The number of hydrogen-bond donors (Lipinski definition) is 1. The maximum atomic E-state index is 13.9. The fraction of sp³-hybridized carbons (Fsp3) is 0.611. The third kappa shape index (κ3) is 3.98. The number of benzene rings is 1. The van der Waals surface area contributed by atoms with Crippen LogP contribution in [0.1, 0.15) is 25.7 Å². The molecular weight excluding hydrogens is 307 g/mol. The van der Waals surface area contributed by atoms with Crippen LogP contribution in [0.2, 0.25) is 0 Å². The summed E-state index contributed by atoms with van der Waals surface area (Å²) in [5.74, 6) is -0.306. The second kappa shape index (κ2) is 7.38. The molecule has 2 aliphatic heterocycles. The number of carbonyl (C=O) groups is 1. The van der Waals surface area contributed by atoms with Crippen LogP contribution in [0.5, 0.6) is 0 Å². The molecule has 2 aliphatic rings. The van der Waals surface area contributed by atoms with E-state index in [0.29, 0.717) is 18.3 Å². The summed E-state index contributed by atoms with van der Waals surface area (Å²) in [5, 5.41) is 2.88. The summed E-state index contributed by atoms with van der Waals surface area (Å²) in [6.07, 6.45) is 4.38. The van der Waals surface area contributed by atoms with E-state index in [0.717, 1.165) is 51.0 Å². The van der Waals surface area contributed by atoms with Gasteiger partial charge in [-0.25, -0.2) is 9.18 Å². The number of likely N-dealkylation sites (N-methyl/N-ethyl adjacent to an activating group) is 1. The fourth-order valence-electron chi connectivity index (χ4n) is 3.57. The van der Waals surface area contributed by atoms with Crippen molar-refractivity contribution < 1.29 is 9.18 Å². The first-order chi connectivity index (χ1) is 11.5. The van der Waals surface area contributed by atoms with Crippen LogP contribution in [0.4, 0.5) is 20.6 Å². The molecule has 2 saturated heterocycles. The molecule has 132 valence electrons. The van der Waals surface area contributed by atoms with Gasteiger partial charge in [-0.2, -0.15) is 0 Å². The first-order valence-corrected chi connectivity index (χ1v) is 8.81. The van der Waals surface area contributed by atoms with Gasteiger partial charge in [-0.3, -0.25) is 0 Å². The van der Waals surface area contributed by atoms with Gasteiger partial charge < -0.3 is 20.0 Å². The minimum absolute atomic E-state index is 0.139. The van der Waals surface area contributed by atoms with Crippen molar-refractivity contribution in [1.29, 1.82) is 0 Å². The minimum atomic E-state index is -0.306. The molecule has 24 heavy (non-hydrogen) atoms. The van der Waals surface area contributed by atoms with E-state index in [-0.39, 0.29) is 11.8 Å². The van der Waals surface area contributed by atoms with Gasteiger partial charge in [0.2, 0.25) is 0 Å². The third-order valence-electron chi connectivity index (χ3n) is 5.02. The monoisotopic (exact) mass is 334 g/mol. The second-order valence-electron chi connectivity index (χ2n) is 7.03. The number of carbonyl (C=O) groups excluding carboxylic acids is 1. The van der Waals surface area contributed by atoms with Gasteiger partial charge in [0.15, 0.2) is 0 Å². The Kier molecular flexibility index (Phi) is 5.23. The van der Waals surface area contributed by atoms with Gasteiger partial charge in [0.25, 0.3) is 0 Å². The highest BCUT2D eigenvalue weighted by Gasteiger charge is 2.25. The number of piperidine rings is 1. The van der Waals surface area contributed by atoms with Gasteiger partial charge in [0, 0.05) is 43.6 Å². The normalized spacial score (nSPS) is 21.4. The zero-order valence-electron chi connectivity index (χ0n) is 14.6. The summed E-state index contributed by atoms with van der Waals surface area (Å²) in [6, 6.07) is 5.06. The number of nitrogens with zero attached hydrogens (tertiary/aromatic N) is 3. The fourth-order valence-corrected chi connectivity index (χ4v) is 3.57. The van der Waals surface area contributed by atoms with Crippen molar-refractivity contribution in [2.24, 2.45) is 0 Å². The van der Waals surface area contributed by atoms with E-state index in [2.05, 4.69) is 15.1 Å². The Balaban J connectivity index is 1.67. The zero-order valence-corrected chi connectivity index (χ0v) is 14.6. The summed E-state index contributed by atoms with van der Waals surface area (Å²) in [6.45, 7) is 3.37. The SMILES string of the molecule is CN(C)[C@H]1CCCN(C(=O)Nc2cc(F)cc(N3CCCC3)c2)C1. The van der Waals surface area contributed by atoms with Crippen LogP contribution >= 0.6 is 0 Å². The average Bonchev–Trinajstić information content (AvgIpc) is 3.09. The van der Waals surface area contributed by atoms with E-state index < -0.39 is 0 Å². The number of rotatable bonds is 3. The largest absolute Gasteiger partial charge is 0.371 e. The minimum Gasteiger partial charge on any atom is -0.371 e. The highest BCUT2D eigenvalue weighted by atomic mass is 19.1. The molecule has 0 saturated carbocycles. The van der Waals surface area contributed by atoms with Crippen LogP contribution in [0, 0.1) is 5.82 Å².